The van der Waals surface area contributed by atoms with E-state index in [9.17, 15) is 14.0 Å². The maximum absolute atomic E-state index is 13.0. The van der Waals surface area contributed by atoms with Gasteiger partial charge in [0, 0.05) is 13.6 Å². The number of para-hydroxylation sites is 2. The number of likely N-dealkylation sites (N-methyl/N-ethyl adjacent to an activating group) is 2. The van der Waals surface area contributed by atoms with E-state index in [-0.39, 0.29) is 30.7 Å². The molecule has 2 aromatic carbocycles. The fraction of sp³-hybridized carbons (Fsp3) is 0.333. The van der Waals surface area contributed by atoms with Crippen molar-refractivity contribution >= 4 is 17.5 Å². The van der Waals surface area contributed by atoms with Crippen molar-refractivity contribution in [3.05, 3.63) is 59.9 Å². The first-order chi connectivity index (χ1) is 13.4. The van der Waals surface area contributed by atoms with E-state index in [1.807, 2.05) is 19.1 Å². The summed E-state index contributed by atoms with van der Waals surface area (Å²) >= 11 is 0. The number of nitrogens with one attached hydrogen (secondary N) is 2. The van der Waals surface area contributed by atoms with Gasteiger partial charge in [-0.2, -0.15) is 0 Å². The minimum atomic E-state index is -0.305. The number of nitrogens with zero attached hydrogens (tertiary/aromatic N) is 1. The SMILES string of the molecule is CC[NH+](CC(=O)Nc1ccccc1OC)CC(=O)N(C)Cc1ccc(F)cc1. The maximum atomic E-state index is 13.0. The van der Waals surface area contributed by atoms with Crippen LogP contribution in [0.4, 0.5) is 10.1 Å². The highest BCUT2D eigenvalue weighted by atomic mass is 19.1. The molecule has 0 saturated carbocycles. The lowest BCUT2D eigenvalue weighted by atomic mass is 10.2. The summed E-state index contributed by atoms with van der Waals surface area (Å²) in [6, 6.07) is 13.2. The Kier molecular flexibility index (Phi) is 7.95. The molecule has 150 valence electrons. The number of carbonyl (C=O) groups excluding carboxylic acids is 2. The van der Waals surface area contributed by atoms with E-state index < -0.39 is 0 Å². The van der Waals surface area contributed by atoms with Crippen molar-refractivity contribution in [1.29, 1.82) is 0 Å². The molecule has 2 N–H and O–H groups in total. The number of ether oxygens (including phenoxy) is 1. The van der Waals surface area contributed by atoms with Crippen LogP contribution in [0, 0.1) is 5.82 Å². The summed E-state index contributed by atoms with van der Waals surface area (Å²) in [5, 5.41) is 2.83. The number of carbonyl (C=O) groups is 2. The molecule has 0 fully saturated rings. The molecule has 0 bridgehead atoms. The number of rotatable bonds is 9. The van der Waals surface area contributed by atoms with Gasteiger partial charge in [0.1, 0.15) is 11.6 Å². The van der Waals surface area contributed by atoms with Crippen molar-refractivity contribution < 1.29 is 23.6 Å². The molecule has 1 unspecified atom stereocenters. The summed E-state index contributed by atoms with van der Waals surface area (Å²) in [6.07, 6.45) is 0. The zero-order valence-corrected chi connectivity index (χ0v) is 16.5. The molecule has 7 heteroatoms. The second-order valence-electron chi connectivity index (χ2n) is 6.58. The molecule has 0 aliphatic heterocycles. The van der Waals surface area contributed by atoms with Crippen LogP contribution in [0.2, 0.25) is 0 Å². The lowest BCUT2D eigenvalue weighted by Gasteiger charge is -2.22. The molecule has 0 aliphatic rings. The molecule has 0 spiro atoms. The van der Waals surface area contributed by atoms with Gasteiger partial charge < -0.3 is 19.9 Å². The predicted octanol–water partition coefficient (Wildman–Crippen LogP) is 1.34. The van der Waals surface area contributed by atoms with Gasteiger partial charge in [-0.3, -0.25) is 9.59 Å². The van der Waals surface area contributed by atoms with Crippen molar-refractivity contribution in [3.8, 4) is 5.75 Å². The predicted molar refractivity (Wildman–Crippen MR) is 106 cm³/mol. The van der Waals surface area contributed by atoms with Crippen LogP contribution >= 0.6 is 0 Å². The quantitative estimate of drug-likeness (QED) is 0.681. The average Bonchev–Trinajstić information content (AvgIpc) is 2.69. The van der Waals surface area contributed by atoms with Gasteiger partial charge in [-0.15, -0.1) is 0 Å². The number of quaternary nitrogens is 1. The van der Waals surface area contributed by atoms with Crippen LogP contribution in [0.15, 0.2) is 48.5 Å². The van der Waals surface area contributed by atoms with E-state index in [0.29, 0.717) is 24.5 Å². The summed E-state index contributed by atoms with van der Waals surface area (Å²) in [7, 11) is 3.25. The fourth-order valence-corrected chi connectivity index (χ4v) is 2.78. The summed E-state index contributed by atoms with van der Waals surface area (Å²) in [4.78, 5) is 27.3. The lowest BCUT2D eigenvalue weighted by Crippen LogP contribution is -3.13. The van der Waals surface area contributed by atoms with Gasteiger partial charge in [0.05, 0.1) is 19.3 Å². The normalized spacial score (nSPS) is 11.6. The van der Waals surface area contributed by atoms with Crippen molar-refractivity contribution in [1.82, 2.24) is 4.90 Å². The van der Waals surface area contributed by atoms with Crippen molar-refractivity contribution in [3.63, 3.8) is 0 Å². The van der Waals surface area contributed by atoms with E-state index in [2.05, 4.69) is 5.32 Å². The van der Waals surface area contributed by atoms with E-state index in [0.717, 1.165) is 10.5 Å². The van der Waals surface area contributed by atoms with Crippen LogP contribution in [0.25, 0.3) is 0 Å². The molecule has 28 heavy (non-hydrogen) atoms. The lowest BCUT2D eigenvalue weighted by molar-refractivity contribution is -0.882. The Hall–Kier alpha value is -2.93. The zero-order valence-electron chi connectivity index (χ0n) is 16.5. The molecule has 1 atom stereocenters. The Morgan fingerprint density at radius 3 is 2.43 bits per heavy atom. The molecule has 0 aromatic heterocycles. The summed E-state index contributed by atoms with van der Waals surface area (Å²) in [6.45, 7) is 3.33. The van der Waals surface area contributed by atoms with Gasteiger partial charge in [0.2, 0.25) is 0 Å². The Bertz CT molecular complexity index is 796. The molecule has 6 nitrogen and oxygen atoms in total. The van der Waals surface area contributed by atoms with Gasteiger partial charge in [0.15, 0.2) is 13.1 Å². The Morgan fingerprint density at radius 1 is 1.11 bits per heavy atom. The number of anilines is 1. The largest absolute Gasteiger partial charge is 0.495 e. The highest BCUT2D eigenvalue weighted by Gasteiger charge is 2.20. The number of methoxy groups -OCH3 is 1. The number of hydrogen-bond donors (Lipinski definition) is 2. The molecule has 0 heterocycles. The molecule has 2 amide bonds. The highest BCUT2D eigenvalue weighted by molar-refractivity contribution is 5.93. The van der Waals surface area contributed by atoms with Crippen LogP contribution in [-0.4, -0.2) is 50.5 Å². The van der Waals surface area contributed by atoms with Gasteiger partial charge in [-0.25, -0.2) is 4.39 Å². The smallest absolute Gasteiger partial charge is 0.279 e. The third-order valence-corrected chi connectivity index (χ3v) is 4.45. The van der Waals surface area contributed by atoms with Gasteiger partial charge in [-0.1, -0.05) is 24.3 Å². The first kappa shape index (κ1) is 21.4. The van der Waals surface area contributed by atoms with Crippen LogP contribution in [0.5, 0.6) is 5.75 Å². The monoisotopic (exact) mass is 388 g/mol. The molecule has 2 aromatic rings. The van der Waals surface area contributed by atoms with Gasteiger partial charge >= 0.3 is 0 Å². The van der Waals surface area contributed by atoms with E-state index >= 15 is 0 Å². The molecule has 0 saturated heterocycles. The maximum Gasteiger partial charge on any atom is 0.279 e. The second kappa shape index (κ2) is 10.4. The van der Waals surface area contributed by atoms with Gasteiger partial charge in [0.25, 0.3) is 11.8 Å². The summed E-state index contributed by atoms with van der Waals surface area (Å²) < 4.78 is 18.2. The van der Waals surface area contributed by atoms with Crippen molar-refractivity contribution in [2.45, 2.75) is 13.5 Å². The first-order valence-corrected chi connectivity index (χ1v) is 9.17. The number of halogens is 1. The Labute approximate surface area is 164 Å². The van der Waals surface area contributed by atoms with Crippen LogP contribution < -0.4 is 15.0 Å². The third-order valence-electron chi connectivity index (χ3n) is 4.45. The molecule has 0 aliphatic carbocycles. The summed E-state index contributed by atoms with van der Waals surface area (Å²) in [5.41, 5.74) is 1.45. The molecular weight excluding hydrogens is 361 g/mol. The van der Waals surface area contributed by atoms with E-state index in [4.69, 9.17) is 4.74 Å². The van der Waals surface area contributed by atoms with E-state index in [1.165, 1.54) is 12.1 Å². The fourth-order valence-electron chi connectivity index (χ4n) is 2.78. The minimum absolute atomic E-state index is 0.0775. The molecule has 2 rings (SSSR count). The Balaban J connectivity index is 1.88. The van der Waals surface area contributed by atoms with Crippen LogP contribution in [-0.2, 0) is 16.1 Å². The van der Waals surface area contributed by atoms with Gasteiger partial charge in [-0.05, 0) is 36.8 Å². The standard InChI is InChI=1S/C21H26FN3O3/c1-4-25(14-20(26)23-18-7-5-6-8-19(18)28-3)15-21(27)24(2)13-16-9-11-17(22)12-10-16/h5-12H,4,13-15H2,1-3H3,(H,23,26)/p+1. The van der Waals surface area contributed by atoms with Crippen molar-refractivity contribution in [2.24, 2.45) is 0 Å². The topological polar surface area (TPSA) is 63.1 Å². The van der Waals surface area contributed by atoms with Crippen LogP contribution in [0.3, 0.4) is 0 Å². The third kappa shape index (κ3) is 6.35. The number of hydrogen-bond acceptors (Lipinski definition) is 3. The van der Waals surface area contributed by atoms with Crippen LogP contribution in [0.1, 0.15) is 12.5 Å². The second-order valence-corrected chi connectivity index (χ2v) is 6.58. The number of benzene rings is 2. The zero-order chi connectivity index (χ0) is 20.5. The highest BCUT2D eigenvalue weighted by Crippen LogP contribution is 2.22. The molecule has 0 radical (unpaired) electrons. The average molecular weight is 388 g/mol. The number of amides is 2. The molecular formula is C21H27FN3O3+. The van der Waals surface area contributed by atoms with Crippen molar-refractivity contribution in [2.75, 3.05) is 39.1 Å². The first-order valence-electron chi connectivity index (χ1n) is 9.17. The summed E-state index contributed by atoms with van der Waals surface area (Å²) in [5.74, 6) is 0.0194. The minimum Gasteiger partial charge on any atom is -0.495 e. The van der Waals surface area contributed by atoms with E-state index in [1.54, 1.807) is 43.3 Å². The Morgan fingerprint density at radius 2 is 1.79 bits per heavy atom.